The SMILES string of the molecule is CC[C@H]1[C@@H](O)[C@@H]2[C@H](CC[C@]3(C)[C@@H]([C@H](C)CCOC(=O)N4CC[C@@H](O)C4)CC[C@@H]23)[C@@]2(C)CC[C@@H](O)C[C@@H]12. The van der Waals surface area contributed by atoms with Gasteiger partial charge >= 0.3 is 6.09 Å². The van der Waals surface area contributed by atoms with Crippen LogP contribution in [0.25, 0.3) is 0 Å². The molecule has 6 heteroatoms. The van der Waals surface area contributed by atoms with E-state index in [1.165, 1.54) is 25.7 Å². The van der Waals surface area contributed by atoms with Crippen LogP contribution in [-0.4, -0.2) is 64.3 Å². The van der Waals surface area contributed by atoms with E-state index in [9.17, 15) is 20.1 Å². The average molecular weight is 506 g/mol. The summed E-state index contributed by atoms with van der Waals surface area (Å²) in [5.74, 6) is 3.32. The Bertz CT molecular complexity index is 806. The van der Waals surface area contributed by atoms with E-state index < -0.39 is 6.10 Å². The van der Waals surface area contributed by atoms with Crippen molar-refractivity contribution < 1.29 is 24.9 Å². The van der Waals surface area contributed by atoms with Crippen molar-refractivity contribution in [1.29, 1.82) is 0 Å². The maximum Gasteiger partial charge on any atom is 0.409 e. The monoisotopic (exact) mass is 505 g/mol. The minimum Gasteiger partial charge on any atom is -0.449 e. The normalized spacial score (nSPS) is 49.2. The third-order valence-corrected chi connectivity index (χ3v) is 12.4. The lowest BCUT2D eigenvalue weighted by Crippen LogP contribution is -2.62. The number of fused-ring (bicyclic) bond motifs is 5. The highest BCUT2D eigenvalue weighted by molar-refractivity contribution is 5.68. The molecule has 1 aliphatic heterocycles. The van der Waals surface area contributed by atoms with E-state index in [4.69, 9.17) is 4.74 Å². The Hall–Kier alpha value is -0.850. The molecule has 1 saturated heterocycles. The molecular weight excluding hydrogens is 454 g/mol. The molecule has 5 rings (SSSR count). The van der Waals surface area contributed by atoms with Gasteiger partial charge < -0.3 is 25.0 Å². The van der Waals surface area contributed by atoms with Crippen LogP contribution in [0.15, 0.2) is 0 Å². The number of ether oxygens (including phenoxy) is 1. The fourth-order valence-electron chi connectivity index (χ4n) is 10.5. The third-order valence-electron chi connectivity index (χ3n) is 12.4. The summed E-state index contributed by atoms with van der Waals surface area (Å²) in [4.78, 5) is 14.0. The number of carbonyl (C=O) groups excluding carboxylic acids is 1. The van der Waals surface area contributed by atoms with Crippen LogP contribution in [0.2, 0.25) is 0 Å². The molecule has 0 bridgehead atoms. The minimum atomic E-state index is -0.416. The molecule has 4 saturated carbocycles. The molecule has 4 aliphatic carbocycles. The highest BCUT2D eigenvalue weighted by Gasteiger charge is 2.64. The van der Waals surface area contributed by atoms with E-state index in [0.29, 0.717) is 67.5 Å². The quantitative estimate of drug-likeness (QED) is 0.497. The van der Waals surface area contributed by atoms with Crippen LogP contribution in [0, 0.1) is 52.3 Å². The molecule has 0 aromatic carbocycles. The Labute approximate surface area is 218 Å². The van der Waals surface area contributed by atoms with Gasteiger partial charge in [-0.2, -0.15) is 0 Å². The molecule has 0 aromatic heterocycles. The molecule has 12 atom stereocenters. The first kappa shape index (κ1) is 26.7. The molecule has 1 heterocycles. The minimum absolute atomic E-state index is 0.198. The van der Waals surface area contributed by atoms with E-state index in [1.807, 2.05) is 0 Å². The van der Waals surface area contributed by atoms with E-state index in [-0.39, 0.29) is 29.1 Å². The van der Waals surface area contributed by atoms with Crippen LogP contribution < -0.4 is 0 Å². The van der Waals surface area contributed by atoms with Crippen LogP contribution in [-0.2, 0) is 4.74 Å². The lowest BCUT2D eigenvalue weighted by atomic mass is 9.41. The van der Waals surface area contributed by atoms with Gasteiger partial charge in [-0.1, -0.05) is 34.1 Å². The summed E-state index contributed by atoms with van der Waals surface area (Å²) in [7, 11) is 0. The first-order chi connectivity index (χ1) is 17.1. The molecule has 0 radical (unpaired) electrons. The number of nitrogens with zero attached hydrogens (tertiary/aromatic N) is 1. The summed E-state index contributed by atoms with van der Waals surface area (Å²) in [6, 6.07) is 0. The van der Waals surface area contributed by atoms with Crippen LogP contribution in [0.5, 0.6) is 0 Å². The molecule has 6 nitrogen and oxygen atoms in total. The highest BCUT2D eigenvalue weighted by atomic mass is 16.6. The Kier molecular flexibility index (Phi) is 7.46. The van der Waals surface area contributed by atoms with Crippen LogP contribution in [0.3, 0.4) is 0 Å². The molecule has 3 N–H and O–H groups in total. The van der Waals surface area contributed by atoms with Crippen molar-refractivity contribution in [2.24, 2.45) is 52.3 Å². The number of hydrogen-bond donors (Lipinski definition) is 3. The predicted octanol–water partition coefficient (Wildman–Crippen LogP) is 4.84. The summed E-state index contributed by atoms with van der Waals surface area (Å²) in [6.07, 6.45) is 9.09. The molecule has 206 valence electrons. The van der Waals surface area contributed by atoms with Gasteiger partial charge in [0.25, 0.3) is 0 Å². The third kappa shape index (κ3) is 4.31. The van der Waals surface area contributed by atoms with Crippen LogP contribution in [0.1, 0.15) is 91.9 Å². The van der Waals surface area contributed by atoms with Gasteiger partial charge in [-0.25, -0.2) is 4.79 Å². The number of likely N-dealkylation sites (tertiary alicyclic amines) is 1. The second-order valence-electron chi connectivity index (χ2n) is 13.9. The van der Waals surface area contributed by atoms with Crippen molar-refractivity contribution in [2.75, 3.05) is 19.7 Å². The van der Waals surface area contributed by atoms with Gasteiger partial charge in [-0.3, -0.25) is 0 Å². The zero-order valence-electron chi connectivity index (χ0n) is 23.1. The molecule has 0 aromatic rings. The largest absolute Gasteiger partial charge is 0.449 e. The van der Waals surface area contributed by atoms with E-state index in [2.05, 4.69) is 27.7 Å². The molecule has 5 fully saturated rings. The van der Waals surface area contributed by atoms with Crippen molar-refractivity contribution in [3.05, 3.63) is 0 Å². The van der Waals surface area contributed by atoms with Gasteiger partial charge in [0.1, 0.15) is 0 Å². The molecule has 0 unspecified atom stereocenters. The summed E-state index contributed by atoms with van der Waals surface area (Å²) in [5, 5.41) is 32.0. The molecule has 1 amide bonds. The van der Waals surface area contributed by atoms with E-state index >= 15 is 0 Å². The first-order valence-corrected chi connectivity index (χ1v) is 15.1. The van der Waals surface area contributed by atoms with Gasteiger partial charge in [0.05, 0.1) is 24.9 Å². The summed E-state index contributed by atoms with van der Waals surface area (Å²) < 4.78 is 5.60. The fourth-order valence-corrected chi connectivity index (χ4v) is 10.5. The van der Waals surface area contributed by atoms with E-state index in [0.717, 1.165) is 32.1 Å². The van der Waals surface area contributed by atoms with Gasteiger partial charge in [-0.05, 0) is 110 Å². The van der Waals surface area contributed by atoms with Crippen molar-refractivity contribution in [3.63, 3.8) is 0 Å². The van der Waals surface area contributed by atoms with Crippen LogP contribution >= 0.6 is 0 Å². The Balaban J connectivity index is 1.26. The standard InChI is InChI=1S/C30H51NO5/c1-5-21-25-16-19(32)8-12-30(25,4)24-9-13-29(3)22(6-7-23(29)26(24)27(21)34)18(2)11-15-36-28(35)31-14-10-20(33)17-31/h18-27,32-34H,5-17H2,1-4H3/t18-,19-,20-,21-,22-,23+,24+,25+,26+,27-,29-,30-/m1/s1. The van der Waals surface area contributed by atoms with Crippen molar-refractivity contribution >= 4 is 6.09 Å². The second-order valence-corrected chi connectivity index (χ2v) is 13.9. The fraction of sp³-hybridized carbons (Fsp3) is 0.967. The highest BCUT2D eigenvalue weighted by Crippen LogP contribution is 2.69. The lowest BCUT2D eigenvalue weighted by molar-refractivity contribution is -0.203. The summed E-state index contributed by atoms with van der Waals surface area (Å²) >= 11 is 0. The summed E-state index contributed by atoms with van der Waals surface area (Å²) in [5.41, 5.74) is 0.479. The van der Waals surface area contributed by atoms with Crippen molar-refractivity contribution in [3.8, 4) is 0 Å². The van der Waals surface area contributed by atoms with Crippen molar-refractivity contribution in [2.45, 2.75) is 110 Å². The number of aliphatic hydroxyl groups is 3. The number of rotatable bonds is 5. The zero-order valence-corrected chi connectivity index (χ0v) is 23.1. The average Bonchev–Trinajstić information content (AvgIpc) is 3.43. The maximum absolute atomic E-state index is 12.4. The zero-order chi connectivity index (χ0) is 25.8. The van der Waals surface area contributed by atoms with Gasteiger partial charge in [-0.15, -0.1) is 0 Å². The Morgan fingerprint density at radius 2 is 1.69 bits per heavy atom. The number of aliphatic hydroxyl groups excluding tert-OH is 3. The Morgan fingerprint density at radius 3 is 2.39 bits per heavy atom. The number of carbonyl (C=O) groups is 1. The number of amides is 1. The van der Waals surface area contributed by atoms with E-state index in [1.54, 1.807) is 4.90 Å². The molecular formula is C30H51NO5. The van der Waals surface area contributed by atoms with Gasteiger partial charge in [0.15, 0.2) is 0 Å². The van der Waals surface area contributed by atoms with Gasteiger partial charge in [0.2, 0.25) is 0 Å². The van der Waals surface area contributed by atoms with Crippen LogP contribution in [0.4, 0.5) is 4.79 Å². The molecule has 5 aliphatic rings. The Morgan fingerprint density at radius 1 is 0.972 bits per heavy atom. The lowest BCUT2D eigenvalue weighted by Gasteiger charge is -2.64. The smallest absolute Gasteiger partial charge is 0.409 e. The number of hydrogen-bond acceptors (Lipinski definition) is 5. The number of β-amino-alcohol motifs (C(OH)–C–C–N with tert-alkyl or cyclic N) is 1. The predicted molar refractivity (Wildman–Crippen MR) is 139 cm³/mol. The van der Waals surface area contributed by atoms with Gasteiger partial charge in [0, 0.05) is 13.1 Å². The molecule has 36 heavy (non-hydrogen) atoms. The topological polar surface area (TPSA) is 90.2 Å². The second kappa shape index (κ2) is 10.0. The summed E-state index contributed by atoms with van der Waals surface area (Å²) in [6.45, 7) is 11.0. The van der Waals surface area contributed by atoms with Crippen molar-refractivity contribution in [1.82, 2.24) is 4.90 Å². The first-order valence-electron chi connectivity index (χ1n) is 15.1. The molecule has 0 spiro atoms. The maximum atomic E-state index is 12.4.